The number of benzene rings is 1. The van der Waals surface area contributed by atoms with Gasteiger partial charge in [0.25, 0.3) is 0 Å². The predicted octanol–water partition coefficient (Wildman–Crippen LogP) is 2.68. The summed E-state index contributed by atoms with van der Waals surface area (Å²) in [6.07, 6.45) is 3.88. The second kappa shape index (κ2) is 5.64. The van der Waals surface area contributed by atoms with Crippen LogP contribution in [0.3, 0.4) is 0 Å². The molecular formula is C14H19N3. The fourth-order valence-electron chi connectivity index (χ4n) is 1.91. The summed E-state index contributed by atoms with van der Waals surface area (Å²) in [6.45, 7) is 7.11. The summed E-state index contributed by atoms with van der Waals surface area (Å²) < 4.78 is 2.16. The Morgan fingerprint density at radius 3 is 2.94 bits per heavy atom. The third-order valence-corrected chi connectivity index (χ3v) is 2.82. The molecule has 0 aliphatic rings. The van der Waals surface area contributed by atoms with Crippen molar-refractivity contribution in [3.8, 4) is 11.4 Å². The fourth-order valence-corrected chi connectivity index (χ4v) is 1.91. The molecule has 2 aromatic rings. The number of hydrogen-bond acceptors (Lipinski definition) is 2. The molecule has 1 heterocycles. The van der Waals surface area contributed by atoms with Crippen LogP contribution in [-0.2, 0) is 13.1 Å². The summed E-state index contributed by atoms with van der Waals surface area (Å²) >= 11 is 0. The summed E-state index contributed by atoms with van der Waals surface area (Å²) in [7, 11) is 0. The predicted molar refractivity (Wildman–Crippen MR) is 70.7 cm³/mol. The molecule has 0 amide bonds. The number of imidazole rings is 1. The Hall–Kier alpha value is -1.61. The first-order valence-electron chi connectivity index (χ1n) is 6.16. The van der Waals surface area contributed by atoms with E-state index < -0.39 is 0 Å². The number of rotatable bonds is 5. The molecule has 3 heteroatoms. The maximum Gasteiger partial charge on any atom is 0.139 e. The van der Waals surface area contributed by atoms with Crippen molar-refractivity contribution in [1.29, 1.82) is 0 Å². The molecular weight excluding hydrogens is 210 g/mol. The van der Waals surface area contributed by atoms with Crippen molar-refractivity contribution in [2.75, 3.05) is 6.54 Å². The third-order valence-electron chi connectivity index (χ3n) is 2.82. The number of hydrogen-bond donors (Lipinski definition) is 1. The van der Waals surface area contributed by atoms with E-state index in [2.05, 4.69) is 53.0 Å². The van der Waals surface area contributed by atoms with Crippen LogP contribution in [0.15, 0.2) is 36.7 Å². The average Bonchev–Trinajstić information content (AvgIpc) is 2.85. The first-order valence-corrected chi connectivity index (χ1v) is 6.16. The smallest absolute Gasteiger partial charge is 0.139 e. The van der Waals surface area contributed by atoms with E-state index in [9.17, 15) is 0 Å². The summed E-state index contributed by atoms with van der Waals surface area (Å²) in [5.74, 6) is 1.05. The van der Waals surface area contributed by atoms with E-state index in [4.69, 9.17) is 0 Å². The summed E-state index contributed by atoms with van der Waals surface area (Å²) in [6, 6.07) is 8.56. The van der Waals surface area contributed by atoms with Crippen LogP contribution in [0.4, 0.5) is 0 Å². The summed E-state index contributed by atoms with van der Waals surface area (Å²) in [5, 5.41) is 3.34. The maximum absolute atomic E-state index is 4.42. The second-order valence-electron chi connectivity index (χ2n) is 4.02. The lowest BCUT2D eigenvalue weighted by molar-refractivity contribution is 0.726. The molecule has 0 saturated carbocycles. The Kier molecular flexibility index (Phi) is 3.94. The van der Waals surface area contributed by atoms with E-state index >= 15 is 0 Å². The van der Waals surface area contributed by atoms with Gasteiger partial charge in [0.2, 0.25) is 0 Å². The van der Waals surface area contributed by atoms with Crippen LogP contribution in [0.1, 0.15) is 19.4 Å². The molecule has 0 fully saturated rings. The van der Waals surface area contributed by atoms with Gasteiger partial charge in [0.15, 0.2) is 0 Å². The van der Waals surface area contributed by atoms with Crippen LogP contribution in [0.25, 0.3) is 11.4 Å². The van der Waals surface area contributed by atoms with Gasteiger partial charge in [-0.05, 0) is 25.1 Å². The van der Waals surface area contributed by atoms with Gasteiger partial charge in [-0.25, -0.2) is 4.98 Å². The van der Waals surface area contributed by atoms with E-state index in [1.54, 1.807) is 0 Å². The molecule has 0 saturated heterocycles. The molecule has 1 aromatic carbocycles. The first-order chi connectivity index (χ1) is 8.35. The highest BCUT2D eigenvalue weighted by atomic mass is 15.1. The zero-order valence-corrected chi connectivity index (χ0v) is 10.5. The number of aryl methyl sites for hydroxylation is 1. The Morgan fingerprint density at radius 2 is 2.18 bits per heavy atom. The zero-order valence-electron chi connectivity index (χ0n) is 10.5. The van der Waals surface area contributed by atoms with Crippen molar-refractivity contribution in [1.82, 2.24) is 14.9 Å². The van der Waals surface area contributed by atoms with E-state index in [-0.39, 0.29) is 0 Å². The van der Waals surface area contributed by atoms with Crippen molar-refractivity contribution < 1.29 is 0 Å². The minimum absolute atomic E-state index is 0.914. The lowest BCUT2D eigenvalue weighted by Crippen LogP contribution is -2.11. The maximum atomic E-state index is 4.42. The first kappa shape index (κ1) is 11.9. The van der Waals surface area contributed by atoms with Crippen molar-refractivity contribution in [3.63, 3.8) is 0 Å². The molecule has 0 atom stereocenters. The largest absolute Gasteiger partial charge is 0.331 e. The lowest BCUT2D eigenvalue weighted by atomic mass is 10.1. The minimum atomic E-state index is 0.914. The Bertz CT molecular complexity index is 474. The van der Waals surface area contributed by atoms with Crippen molar-refractivity contribution in [3.05, 3.63) is 42.2 Å². The van der Waals surface area contributed by atoms with Crippen molar-refractivity contribution in [2.45, 2.75) is 26.9 Å². The number of aromatic nitrogens is 2. The monoisotopic (exact) mass is 229 g/mol. The van der Waals surface area contributed by atoms with Crippen LogP contribution < -0.4 is 5.32 Å². The second-order valence-corrected chi connectivity index (χ2v) is 4.02. The van der Waals surface area contributed by atoms with Gasteiger partial charge in [-0.15, -0.1) is 0 Å². The third kappa shape index (κ3) is 2.74. The lowest BCUT2D eigenvalue weighted by Gasteiger charge is -2.07. The minimum Gasteiger partial charge on any atom is -0.331 e. The number of nitrogens with zero attached hydrogens (tertiary/aromatic N) is 2. The van der Waals surface area contributed by atoms with Gasteiger partial charge in [0, 0.05) is 31.0 Å². The summed E-state index contributed by atoms with van der Waals surface area (Å²) in [5.41, 5.74) is 2.49. The fraction of sp³-hybridized carbons (Fsp3) is 0.357. The van der Waals surface area contributed by atoms with Crippen LogP contribution in [0.5, 0.6) is 0 Å². The number of nitrogens with one attached hydrogen (secondary N) is 1. The van der Waals surface area contributed by atoms with Crippen LogP contribution in [0.2, 0.25) is 0 Å². The topological polar surface area (TPSA) is 29.9 Å². The van der Waals surface area contributed by atoms with E-state index in [0.29, 0.717) is 0 Å². The molecule has 1 aromatic heterocycles. The quantitative estimate of drug-likeness (QED) is 0.854. The molecule has 3 nitrogen and oxygen atoms in total. The van der Waals surface area contributed by atoms with Gasteiger partial charge in [-0.2, -0.15) is 0 Å². The average molecular weight is 229 g/mol. The van der Waals surface area contributed by atoms with Crippen LogP contribution in [0, 0.1) is 0 Å². The van der Waals surface area contributed by atoms with Gasteiger partial charge in [-0.3, -0.25) is 0 Å². The molecule has 90 valence electrons. The molecule has 0 aliphatic heterocycles. The van der Waals surface area contributed by atoms with Crippen molar-refractivity contribution in [2.24, 2.45) is 0 Å². The molecule has 0 radical (unpaired) electrons. The van der Waals surface area contributed by atoms with E-state index in [1.807, 2.05) is 12.4 Å². The van der Waals surface area contributed by atoms with Gasteiger partial charge >= 0.3 is 0 Å². The van der Waals surface area contributed by atoms with Crippen LogP contribution in [-0.4, -0.2) is 16.1 Å². The van der Waals surface area contributed by atoms with Crippen molar-refractivity contribution >= 4 is 0 Å². The molecule has 1 N–H and O–H groups in total. The SMILES string of the molecule is CCNCc1cccc(-c2nccn2CC)c1. The van der Waals surface area contributed by atoms with Gasteiger partial charge < -0.3 is 9.88 Å². The van der Waals surface area contributed by atoms with Gasteiger partial charge in [0.1, 0.15) is 5.82 Å². The molecule has 0 aliphatic carbocycles. The van der Waals surface area contributed by atoms with E-state index in [0.717, 1.165) is 25.5 Å². The highest BCUT2D eigenvalue weighted by molar-refractivity contribution is 5.56. The van der Waals surface area contributed by atoms with Gasteiger partial charge in [0.05, 0.1) is 0 Å². The van der Waals surface area contributed by atoms with Crippen LogP contribution >= 0.6 is 0 Å². The molecule has 2 rings (SSSR count). The molecule has 0 unspecified atom stereocenters. The molecule has 0 bridgehead atoms. The van der Waals surface area contributed by atoms with Gasteiger partial charge in [-0.1, -0.05) is 25.1 Å². The molecule has 0 spiro atoms. The summed E-state index contributed by atoms with van der Waals surface area (Å²) in [4.78, 5) is 4.42. The Labute approximate surface area is 103 Å². The molecule has 17 heavy (non-hydrogen) atoms. The highest BCUT2D eigenvalue weighted by Gasteiger charge is 2.04. The highest BCUT2D eigenvalue weighted by Crippen LogP contribution is 2.18. The Balaban J connectivity index is 2.26. The normalized spacial score (nSPS) is 10.7. The Morgan fingerprint density at radius 1 is 1.29 bits per heavy atom. The standard InChI is InChI=1S/C14H19N3/c1-3-15-11-12-6-5-7-13(10-12)14-16-8-9-17(14)4-2/h5-10,15H,3-4,11H2,1-2H3. The zero-order chi connectivity index (χ0) is 12.1. The van der Waals surface area contributed by atoms with E-state index in [1.165, 1.54) is 11.1 Å².